The van der Waals surface area contributed by atoms with Gasteiger partial charge >= 0.3 is 6.18 Å². The zero-order valence-corrected chi connectivity index (χ0v) is 18.5. The van der Waals surface area contributed by atoms with Crippen LogP contribution in [0.15, 0.2) is 42.5 Å². The lowest BCUT2D eigenvalue weighted by Crippen LogP contribution is -2.21. The second-order valence-electron chi connectivity index (χ2n) is 7.87. The number of nitrogens with two attached hydrogens (primary N) is 1. The molecule has 1 atom stereocenters. The first-order valence-corrected chi connectivity index (χ1v) is 10.2. The second kappa shape index (κ2) is 8.41. The number of hydrogen-bond acceptors (Lipinski definition) is 6. The molecule has 4 aromatic rings. The minimum atomic E-state index is -4.58. The maximum atomic E-state index is 12.9. The molecule has 8 nitrogen and oxygen atoms in total. The normalized spacial score (nSPS) is 12.7. The molecule has 2 aromatic carbocycles. The number of anilines is 2. The molecule has 2 heterocycles. The zero-order chi connectivity index (χ0) is 24.8. The molecular weight excluding hydrogens is 449 g/mol. The van der Waals surface area contributed by atoms with Crippen LogP contribution in [0, 0.1) is 20.8 Å². The van der Waals surface area contributed by atoms with Gasteiger partial charge in [-0.15, -0.1) is 0 Å². The third-order valence-electron chi connectivity index (χ3n) is 5.30. The third kappa shape index (κ3) is 4.29. The highest BCUT2D eigenvalue weighted by Gasteiger charge is 2.31. The predicted octanol–water partition coefficient (Wildman–Crippen LogP) is 4.01. The van der Waals surface area contributed by atoms with E-state index in [9.17, 15) is 23.1 Å². The number of aliphatic hydroxyl groups is 1. The molecule has 0 saturated heterocycles. The van der Waals surface area contributed by atoms with Gasteiger partial charge in [0.25, 0.3) is 5.91 Å². The van der Waals surface area contributed by atoms with Gasteiger partial charge in [0.2, 0.25) is 0 Å². The quantitative estimate of drug-likeness (QED) is 0.415. The summed E-state index contributed by atoms with van der Waals surface area (Å²) in [6.07, 6.45) is -6.36. The lowest BCUT2D eigenvalue weighted by atomic mass is 10.0. The Bertz CT molecular complexity index is 1410. The number of aryl methyl sites for hydroxylation is 3. The Kier molecular flexibility index (Phi) is 5.74. The lowest BCUT2D eigenvalue weighted by molar-refractivity contribution is -0.138. The highest BCUT2D eigenvalue weighted by atomic mass is 19.4. The van der Waals surface area contributed by atoms with E-state index in [0.29, 0.717) is 33.9 Å². The maximum Gasteiger partial charge on any atom is 0.416 e. The van der Waals surface area contributed by atoms with E-state index in [1.165, 1.54) is 6.07 Å². The maximum absolute atomic E-state index is 12.9. The van der Waals surface area contributed by atoms with Crippen molar-refractivity contribution in [1.29, 1.82) is 0 Å². The molecule has 1 amide bonds. The molecule has 0 radical (unpaired) electrons. The van der Waals surface area contributed by atoms with E-state index in [-0.39, 0.29) is 11.4 Å². The fourth-order valence-electron chi connectivity index (χ4n) is 3.69. The standard InChI is InChI=1S/C23H21F3N6O2/c1-11-9-16(30-22(34)20(33)14-5-4-6-15(10-14)23(24,25)26)7-8-17(11)32-19-18(12(2)31-32)28-13(3)29-21(19)27/h4-10,20,33H,1-3H3,(H,30,34)(H2,27,28,29). The number of rotatable bonds is 4. The molecule has 11 heteroatoms. The number of nitrogen functional groups attached to an aromatic ring is 1. The summed E-state index contributed by atoms with van der Waals surface area (Å²) >= 11 is 0. The van der Waals surface area contributed by atoms with Gasteiger partial charge in [0, 0.05) is 5.69 Å². The van der Waals surface area contributed by atoms with Crippen LogP contribution in [-0.2, 0) is 11.0 Å². The van der Waals surface area contributed by atoms with Crippen molar-refractivity contribution >= 4 is 28.4 Å². The van der Waals surface area contributed by atoms with Crippen LogP contribution in [0.4, 0.5) is 24.7 Å². The van der Waals surface area contributed by atoms with E-state index in [2.05, 4.69) is 20.4 Å². The van der Waals surface area contributed by atoms with Crippen LogP contribution in [0.25, 0.3) is 16.7 Å². The Balaban J connectivity index is 1.60. The average Bonchev–Trinajstić information content (AvgIpc) is 3.09. The number of hydrogen-bond donors (Lipinski definition) is 3. The highest BCUT2D eigenvalue weighted by molar-refractivity contribution is 5.95. The number of alkyl halides is 3. The van der Waals surface area contributed by atoms with Gasteiger partial charge in [-0.05, 0) is 62.2 Å². The Hall–Kier alpha value is -3.99. The number of nitrogens with zero attached hydrogens (tertiary/aromatic N) is 4. The number of benzene rings is 2. The van der Waals surface area contributed by atoms with Crippen molar-refractivity contribution in [2.24, 2.45) is 0 Å². The van der Waals surface area contributed by atoms with Crippen LogP contribution < -0.4 is 11.1 Å². The van der Waals surface area contributed by atoms with E-state index in [1.807, 2.05) is 6.92 Å². The van der Waals surface area contributed by atoms with Crippen LogP contribution in [0.3, 0.4) is 0 Å². The van der Waals surface area contributed by atoms with Gasteiger partial charge in [0.15, 0.2) is 11.9 Å². The second-order valence-corrected chi connectivity index (χ2v) is 7.87. The van der Waals surface area contributed by atoms with Crippen LogP contribution in [0.2, 0.25) is 0 Å². The lowest BCUT2D eigenvalue weighted by Gasteiger charge is -2.15. The summed E-state index contributed by atoms with van der Waals surface area (Å²) in [5.41, 5.74) is 8.61. The van der Waals surface area contributed by atoms with Gasteiger partial charge in [-0.1, -0.05) is 12.1 Å². The van der Waals surface area contributed by atoms with Gasteiger partial charge < -0.3 is 16.2 Å². The molecule has 0 saturated carbocycles. The first kappa shape index (κ1) is 23.2. The van der Waals surface area contributed by atoms with Crippen LogP contribution in [-0.4, -0.2) is 30.8 Å². The van der Waals surface area contributed by atoms with E-state index in [1.54, 1.807) is 36.7 Å². The molecule has 4 N–H and O–H groups in total. The molecule has 4 rings (SSSR count). The molecule has 176 valence electrons. The van der Waals surface area contributed by atoms with Gasteiger partial charge in [-0.3, -0.25) is 4.79 Å². The van der Waals surface area contributed by atoms with Gasteiger partial charge in [-0.25, -0.2) is 14.6 Å². The molecule has 34 heavy (non-hydrogen) atoms. The summed E-state index contributed by atoms with van der Waals surface area (Å²) in [6.45, 7) is 5.34. The Morgan fingerprint density at radius 1 is 1.12 bits per heavy atom. The number of aromatic nitrogens is 4. The van der Waals surface area contributed by atoms with Crippen LogP contribution in [0.5, 0.6) is 0 Å². The Morgan fingerprint density at radius 3 is 2.53 bits per heavy atom. The number of amides is 1. The number of carbonyl (C=O) groups excluding carboxylic acids is 1. The van der Waals surface area contributed by atoms with Crippen molar-refractivity contribution < 1.29 is 23.1 Å². The van der Waals surface area contributed by atoms with Crippen molar-refractivity contribution in [3.63, 3.8) is 0 Å². The number of carbonyl (C=O) groups is 1. The van der Waals surface area contributed by atoms with Gasteiger partial charge in [0.05, 0.1) is 16.9 Å². The number of nitrogens with one attached hydrogen (secondary N) is 1. The first-order valence-electron chi connectivity index (χ1n) is 10.2. The summed E-state index contributed by atoms with van der Waals surface area (Å²) < 4.78 is 40.4. The van der Waals surface area contributed by atoms with Gasteiger partial charge in [-0.2, -0.15) is 18.3 Å². The smallest absolute Gasteiger partial charge is 0.382 e. The Morgan fingerprint density at radius 2 is 1.85 bits per heavy atom. The molecule has 0 aliphatic carbocycles. The number of aliphatic hydroxyl groups excluding tert-OH is 1. The highest BCUT2D eigenvalue weighted by Crippen LogP contribution is 2.31. The van der Waals surface area contributed by atoms with Gasteiger partial charge in [0.1, 0.15) is 16.9 Å². The van der Waals surface area contributed by atoms with Crippen molar-refractivity contribution in [2.75, 3.05) is 11.1 Å². The fraction of sp³-hybridized carbons (Fsp3) is 0.217. The van der Waals surface area contributed by atoms with E-state index in [4.69, 9.17) is 5.73 Å². The molecule has 1 unspecified atom stereocenters. The number of fused-ring (bicyclic) bond motifs is 1. The molecule has 2 aromatic heterocycles. The SMILES string of the molecule is Cc1nc(N)c2c(n1)c(C)nn2-c1ccc(NC(=O)C(O)c2cccc(C(F)(F)F)c2)cc1C. The van der Waals surface area contributed by atoms with Crippen molar-refractivity contribution in [3.05, 3.63) is 70.7 Å². The fourth-order valence-corrected chi connectivity index (χ4v) is 3.69. The third-order valence-corrected chi connectivity index (χ3v) is 5.30. The van der Waals surface area contributed by atoms with Crippen molar-refractivity contribution in [3.8, 4) is 5.69 Å². The monoisotopic (exact) mass is 470 g/mol. The summed E-state index contributed by atoms with van der Waals surface area (Å²) in [7, 11) is 0. The Labute approximate surface area is 192 Å². The molecule has 0 fully saturated rings. The zero-order valence-electron chi connectivity index (χ0n) is 18.5. The summed E-state index contributed by atoms with van der Waals surface area (Å²) in [6, 6.07) is 8.96. The van der Waals surface area contributed by atoms with Crippen LogP contribution in [0.1, 0.15) is 34.3 Å². The molecule has 0 aliphatic heterocycles. The van der Waals surface area contributed by atoms with E-state index >= 15 is 0 Å². The minimum absolute atomic E-state index is 0.162. The largest absolute Gasteiger partial charge is 0.416 e. The molecule has 0 spiro atoms. The summed E-state index contributed by atoms with van der Waals surface area (Å²) in [5.74, 6) is -0.0502. The molecule has 0 aliphatic rings. The predicted molar refractivity (Wildman–Crippen MR) is 120 cm³/mol. The van der Waals surface area contributed by atoms with Crippen molar-refractivity contribution in [1.82, 2.24) is 19.7 Å². The van der Waals surface area contributed by atoms with Crippen molar-refractivity contribution in [2.45, 2.75) is 33.1 Å². The minimum Gasteiger partial charge on any atom is -0.382 e. The van der Waals surface area contributed by atoms with E-state index in [0.717, 1.165) is 23.8 Å². The number of halogens is 3. The van der Waals surface area contributed by atoms with Crippen LogP contribution >= 0.6 is 0 Å². The molecular formula is C23H21F3N6O2. The van der Waals surface area contributed by atoms with E-state index < -0.39 is 23.8 Å². The molecule has 0 bridgehead atoms. The summed E-state index contributed by atoms with van der Waals surface area (Å²) in [4.78, 5) is 21.1. The average molecular weight is 470 g/mol. The topological polar surface area (TPSA) is 119 Å². The summed E-state index contributed by atoms with van der Waals surface area (Å²) in [5, 5.41) is 17.3. The first-order chi connectivity index (χ1) is 16.0.